The number of nitrogens with one attached hydrogen (secondary N) is 1. The minimum absolute atomic E-state index is 0.00494. The Labute approximate surface area is 145 Å². The van der Waals surface area contributed by atoms with Crippen LogP contribution >= 0.6 is 50.7 Å². The van der Waals surface area contributed by atoms with Crippen LogP contribution in [0.5, 0.6) is 0 Å². The highest BCUT2D eigenvalue weighted by Crippen LogP contribution is 2.33. The molecule has 0 atom stereocenters. The first kappa shape index (κ1) is 16.7. The van der Waals surface area contributed by atoms with E-state index in [1.54, 1.807) is 6.07 Å². The van der Waals surface area contributed by atoms with E-state index in [-0.39, 0.29) is 25.7 Å². The van der Waals surface area contributed by atoms with Gasteiger partial charge >= 0.3 is 0 Å². The van der Waals surface area contributed by atoms with Crippen molar-refractivity contribution < 1.29 is 8.42 Å². The Bertz CT molecular complexity index is 812. The molecule has 2 rings (SSSR count). The van der Waals surface area contributed by atoms with Crippen molar-refractivity contribution in [2.24, 2.45) is 0 Å². The van der Waals surface area contributed by atoms with E-state index in [9.17, 15) is 8.42 Å². The zero-order chi connectivity index (χ0) is 15.8. The third-order valence-corrected chi connectivity index (χ3v) is 5.65. The highest BCUT2D eigenvalue weighted by Gasteiger charge is 2.17. The molecule has 0 aromatic heterocycles. The number of halogens is 4. The van der Waals surface area contributed by atoms with Crippen LogP contribution in [0.3, 0.4) is 0 Å². The fourth-order valence-corrected chi connectivity index (χ4v) is 3.50. The second kappa shape index (κ2) is 6.22. The Kier molecular flexibility index (Phi) is 4.95. The first-order chi connectivity index (χ1) is 9.70. The smallest absolute Gasteiger partial charge is 0.262 e. The number of sulfonamides is 1. The van der Waals surface area contributed by atoms with Crippen LogP contribution in [-0.2, 0) is 10.0 Å². The van der Waals surface area contributed by atoms with E-state index in [0.29, 0.717) is 10.2 Å². The number of nitrogens with two attached hydrogens (primary N) is 1. The first-order valence-electron chi connectivity index (χ1n) is 5.43. The maximum absolute atomic E-state index is 12.3. The van der Waals surface area contributed by atoms with Gasteiger partial charge in [0.2, 0.25) is 0 Å². The third kappa shape index (κ3) is 3.76. The van der Waals surface area contributed by atoms with Gasteiger partial charge in [-0.3, -0.25) is 4.72 Å². The van der Waals surface area contributed by atoms with Crippen molar-refractivity contribution in [2.75, 3.05) is 10.5 Å². The van der Waals surface area contributed by atoms with Crippen LogP contribution in [0, 0.1) is 0 Å². The molecule has 9 heteroatoms. The number of nitrogen functional groups attached to an aromatic ring is 1. The molecule has 2 aromatic rings. The van der Waals surface area contributed by atoms with Crippen LogP contribution in [0.1, 0.15) is 0 Å². The van der Waals surface area contributed by atoms with E-state index in [2.05, 4.69) is 20.7 Å². The van der Waals surface area contributed by atoms with Crippen LogP contribution in [0.15, 0.2) is 39.7 Å². The highest BCUT2D eigenvalue weighted by atomic mass is 79.9. The van der Waals surface area contributed by atoms with Gasteiger partial charge in [-0.05, 0) is 46.3 Å². The Morgan fingerprint density at radius 3 is 2.24 bits per heavy atom. The summed E-state index contributed by atoms with van der Waals surface area (Å²) >= 11 is 20.8. The molecule has 0 heterocycles. The van der Waals surface area contributed by atoms with Gasteiger partial charge in [-0.2, -0.15) is 0 Å². The molecule has 0 aliphatic heterocycles. The summed E-state index contributed by atoms with van der Waals surface area (Å²) < 4.78 is 27.5. The third-order valence-electron chi connectivity index (χ3n) is 2.53. The fourth-order valence-electron chi connectivity index (χ4n) is 1.49. The summed E-state index contributed by atoms with van der Waals surface area (Å²) in [6, 6.07) is 6.98. The SMILES string of the molecule is Nc1cc(S(=O)(=O)Nc2cc(Cl)c(Cl)cc2Cl)ccc1Br. The minimum atomic E-state index is -3.84. The van der Waals surface area contributed by atoms with Gasteiger partial charge in [0, 0.05) is 10.2 Å². The molecule has 0 aliphatic carbocycles. The van der Waals surface area contributed by atoms with Gasteiger partial charge in [0.1, 0.15) is 0 Å². The molecule has 4 nitrogen and oxygen atoms in total. The fraction of sp³-hybridized carbons (Fsp3) is 0. The van der Waals surface area contributed by atoms with Crippen molar-refractivity contribution in [3.8, 4) is 0 Å². The summed E-state index contributed by atoms with van der Waals surface area (Å²) in [6.07, 6.45) is 0. The lowest BCUT2D eigenvalue weighted by Crippen LogP contribution is -2.13. The van der Waals surface area contributed by atoms with E-state index in [4.69, 9.17) is 40.5 Å². The molecule has 0 radical (unpaired) electrons. The van der Waals surface area contributed by atoms with Gasteiger partial charge in [0.05, 0.1) is 25.7 Å². The molecule has 0 saturated heterocycles. The van der Waals surface area contributed by atoms with Crippen molar-refractivity contribution >= 4 is 72.1 Å². The van der Waals surface area contributed by atoms with E-state index in [1.165, 1.54) is 24.3 Å². The number of rotatable bonds is 3. The van der Waals surface area contributed by atoms with Crippen LogP contribution in [-0.4, -0.2) is 8.42 Å². The Balaban J connectivity index is 2.42. The van der Waals surface area contributed by atoms with Crippen LogP contribution in [0.4, 0.5) is 11.4 Å². The van der Waals surface area contributed by atoms with E-state index >= 15 is 0 Å². The van der Waals surface area contributed by atoms with E-state index in [1.807, 2.05) is 0 Å². The summed E-state index contributed by atoms with van der Waals surface area (Å²) in [4.78, 5) is 0.00494. The van der Waals surface area contributed by atoms with Gasteiger partial charge in [-0.15, -0.1) is 0 Å². The summed E-state index contributed by atoms with van der Waals surface area (Å²) in [6.45, 7) is 0. The molecule has 0 saturated carbocycles. The predicted molar refractivity (Wildman–Crippen MR) is 90.8 cm³/mol. The zero-order valence-electron chi connectivity index (χ0n) is 10.2. The van der Waals surface area contributed by atoms with Crippen molar-refractivity contribution in [3.63, 3.8) is 0 Å². The predicted octanol–water partition coefficient (Wildman–Crippen LogP) is 4.79. The topological polar surface area (TPSA) is 72.2 Å². The molecule has 0 bridgehead atoms. The minimum Gasteiger partial charge on any atom is -0.398 e. The Morgan fingerprint density at radius 1 is 1.00 bits per heavy atom. The summed E-state index contributed by atoms with van der Waals surface area (Å²) in [7, 11) is -3.84. The number of anilines is 2. The van der Waals surface area contributed by atoms with Crippen LogP contribution < -0.4 is 10.5 Å². The lowest BCUT2D eigenvalue weighted by atomic mass is 10.3. The molecular weight excluding hydrogens is 422 g/mol. The molecule has 0 unspecified atom stereocenters. The highest BCUT2D eigenvalue weighted by molar-refractivity contribution is 9.10. The normalized spacial score (nSPS) is 11.4. The molecule has 0 aliphatic rings. The van der Waals surface area contributed by atoms with Crippen molar-refractivity contribution in [1.29, 1.82) is 0 Å². The number of hydrogen-bond acceptors (Lipinski definition) is 3. The summed E-state index contributed by atoms with van der Waals surface area (Å²) in [5, 5.41) is 0.560. The molecule has 0 fully saturated rings. The summed E-state index contributed by atoms with van der Waals surface area (Å²) in [5.41, 5.74) is 6.12. The average Bonchev–Trinajstić information content (AvgIpc) is 2.39. The first-order valence-corrected chi connectivity index (χ1v) is 8.84. The number of hydrogen-bond donors (Lipinski definition) is 2. The molecule has 21 heavy (non-hydrogen) atoms. The van der Waals surface area contributed by atoms with Crippen LogP contribution in [0.2, 0.25) is 15.1 Å². The summed E-state index contributed by atoms with van der Waals surface area (Å²) in [5.74, 6) is 0. The number of benzene rings is 2. The van der Waals surface area contributed by atoms with Gasteiger partial charge in [0.15, 0.2) is 0 Å². The van der Waals surface area contributed by atoms with E-state index in [0.717, 1.165) is 0 Å². The maximum atomic E-state index is 12.3. The molecule has 0 spiro atoms. The van der Waals surface area contributed by atoms with E-state index < -0.39 is 10.0 Å². The quantitative estimate of drug-likeness (QED) is 0.543. The molecule has 112 valence electrons. The average molecular weight is 431 g/mol. The molecule has 3 N–H and O–H groups in total. The largest absolute Gasteiger partial charge is 0.398 e. The van der Waals surface area contributed by atoms with Gasteiger partial charge in [0.25, 0.3) is 10.0 Å². The molecule has 2 aromatic carbocycles. The second-order valence-electron chi connectivity index (χ2n) is 4.03. The lowest BCUT2D eigenvalue weighted by Gasteiger charge is -2.11. The Hall–Kier alpha value is -0.660. The van der Waals surface area contributed by atoms with Crippen LogP contribution in [0.25, 0.3) is 0 Å². The van der Waals surface area contributed by atoms with Crippen molar-refractivity contribution in [2.45, 2.75) is 4.90 Å². The molecule has 0 amide bonds. The van der Waals surface area contributed by atoms with Gasteiger partial charge in [-0.1, -0.05) is 34.8 Å². The van der Waals surface area contributed by atoms with Gasteiger partial charge < -0.3 is 5.73 Å². The monoisotopic (exact) mass is 428 g/mol. The Morgan fingerprint density at radius 2 is 1.62 bits per heavy atom. The van der Waals surface area contributed by atoms with Crippen molar-refractivity contribution in [1.82, 2.24) is 0 Å². The second-order valence-corrected chi connectivity index (χ2v) is 7.79. The zero-order valence-corrected chi connectivity index (χ0v) is 14.9. The standard InChI is InChI=1S/C12H8BrCl3N2O2S/c13-7-2-1-6(3-11(7)17)21(19,20)18-12-5-9(15)8(14)4-10(12)16/h1-5,18H,17H2. The maximum Gasteiger partial charge on any atom is 0.262 e. The van der Waals surface area contributed by atoms with Crippen molar-refractivity contribution in [3.05, 3.63) is 49.9 Å². The van der Waals surface area contributed by atoms with Gasteiger partial charge in [-0.25, -0.2) is 8.42 Å². The lowest BCUT2D eigenvalue weighted by molar-refractivity contribution is 0.601. The molecular formula is C12H8BrCl3N2O2S.